The van der Waals surface area contributed by atoms with Crippen molar-refractivity contribution in [1.29, 1.82) is 0 Å². The molecule has 0 spiro atoms. The molecule has 2 aromatic rings. The Balaban J connectivity index is 1.31. The van der Waals surface area contributed by atoms with Crippen molar-refractivity contribution in [1.82, 2.24) is 20.1 Å². The number of piperazine rings is 1. The maximum atomic E-state index is 5.80. The van der Waals surface area contributed by atoms with Gasteiger partial charge in [-0.15, -0.1) is 0 Å². The largest absolute Gasteiger partial charge is 0.492 e. The normalized spacial score (nSPS) is 15.3. The van der Waals surface area contributed by atoms with Gasteiger partial charge in [0.05, 0.1) is 12.7 Å². The highest BCUT2D eigenvalue weighted by molar-refractivity contribution is 5.80. The lowest BCUT2D eigenvalue weighted by Gasteiger charge is -2.36. The molecule has 3 rings (SSSR count). The lowest BCUT2D eigenvalue weighted by atomic mass is 10.3. The van der Waals surface area contributed by atoms with Crippen LogP contribution in [-0.2, 0) is 0 Å². The van der Waals surface area contributed by atoms with Gasteiger partial charge in [0.2, 0.25) is 0 Å². The summed E-state index contributed by atoms with van der Waals surface area (Å²) in [5, 5.41) is 3.38. The highest BCUT2D eigenvalue weighted by Crippen LogP contribution is 2.09. The van der Waals surface area contributed by atoms with Gasteiger partial charge < -0.3 is 19.7 Å². The summed E-state index contributed by atoms with van der Waals surface area (Å²) in [5.74, 6) is 2.64. The summed E-state index contributed by atoms with van der Waals surface area (Å²) in [6, 6.07) is 13.7. The van der Waals surface area contributed by atoms with E-state index in [4.69, 9.17) is 9.47 Å². The molecule has 1 saturated heterocycles. The summed E-state index contributed by atoms with van der Waals surface area (Å²) in [6.45, 7) is 6.84. The van der Waals surface area contributed by atoms with Crippen molar-refractivity contribution in [2.75, 3.05) is 59.5 Å². The first-order valence-electron chi connectivity index (χ1n) is 9.74. The van der Waals surface area contributed by atoms with Crippen molar-refractivity contribution in [3.8, 4) is 11.5 Å². The van der Waals surface area contributed by atoms with Gasteiger partial charge in [-0.1, -0.05) is 18.2 Å². The molecule has 0 radical (unpaired) electrons. The first-order valence-corrected chi connectivity index (χ1v) is 9.74. The maximum absolute atomic E-state index is 5.80. The van der Waals surface area contributed by atoms with E-state index in [0.717, 1.165) is 50.2 Å². The van der Waals surface area contributed by atoms with Gasteiger partial charge in [0, 0.05) is 46.0 Å². The minimum Gasteiger partial charge on any atom is -0.492 e. The molecule has 1 N–H and O–H groups in total. The summed E-state index contributed by atoms with van der Waals surface area (Å²) < 4.78 is 11.5. The van der Waals surface area contributed by atoms with Crippen molar-refractivity contribution >= 4 is 5.96 Å². The Morgan fingerprint density at radius 2 is 1.75 bits per heavy atom. The predicted molar refractivity (Wildman–Crippen MR) is 111 cm³/mol. The third-order valence-corrected chi connectivity index (χ3v) is 4.59. The second-order valence-electron chi connectivity index (χ2n) is 6.50. The molecule has 0 aliphatic carbocycles. The molecule has 1 aromatic heterocycles. The van der Waals surface area contributed by atoms with Crippen molar-refractivity contribution in [2.24, 2.45) is 4.99 Å². The second-order valence-corrected chi connectivity index (χ2v) is 6.50. The number of para-hydroxylation sites is 1. The van der Waals surface area contributed by atoms with E-state index in [1.165, 1.54) is 0 Å². The van der Waals surface area contributed by atoms with Crippen LogP contribution >= 0.6 is 0 Å². The summed E-state index contributed by atoms with van der Waals surface area (Å²) >= 11 is 0. The van der Waals surface area contributed by atoms with Crippen molar-refractivity contribution in [2.45, 2.75) is 0 Å². The number of rotatable bonds is 8. The molecule has 7 nitrogen and oxygen atoms in total. The van der Waals surface area contributed by atoms with Crippen molar-refractivity contribution in [3.63, 3.8) is 0 Å². The molecule has 1 aliphatic rings. The monoisotopic (exact) mass is 383 g/mol. The van der Waals surface area contributed by atoms with E-state index >= 15 is 0 Å². The van der Waals surface area contributed by atoms with Gasteiger partial charge in [0.15, 0.2) is 5.96 Å². The van der Waals surface area contributed by atoms with Gasteiger partial charge in [0.25, 0.3) is 0 Å². The summed E-state index contributed by atoms with van der Waals surface area (Å²) in [4.78, 5) is 13.2. The van der Waals surface area contributed by atoms with Gasteiger partial charge in [-0.3, -0.25) is 14.9 Å². The molecular formula is C21H29N5O2. The average Bonchev–Trinajstić information content (AvgIpc) is 2.76. The lowest BCUT2D eigenvalue weighted by Crippen LogP contribution is -2.53. The third-order valence-electron chi connectivity index (χ3n) is 4.59. The Hall–Kier alpha value is -2.80. The number of pyridine rings is 1. The second kappa shape index (κ2) is 11.1. The van der Waals surface area contributed by atoms with Gasteiger partial charge in [-0.05, 0) is 24.3 Å². The molecular weight excluding hydrogens is 354 g/mol. The maximum Gasteiger partial charge on any atom is 0.193 e. The fourth-order valence-electron chi connectivity index (χ4n) is 3.09. The van der Waals surface area contributed by atoms with Gasteiger partial charge in [-0.2, -0.15) is 0 Å². The molecule has 0 amide bonds. The number of nitrogens with one attached hydrogen (secondary N) is 1. The standard InChI is InChI=1S/C21H29N5O2/c1-22-21(24-10-16-27-20-8-5-9-23-18-20)26-13-11-25(12-14-26)15-17-28-19-6-3-2-4-7-19/h2-9,18H,10-17H2,1H3,(H,22,24). The Morgan fingerprint density at radius 3 is 2.46 bits per heavy atom. The van der Waals surface area contributed by atoms with Crippen LogP contribution in [0.25, 0.3) is 0 Å². The topological polar surface area (TPSA) is 62.2 Å². The average molecular weight is 383 g/mol. The number of guanidine groups is 1. The summed E-state index contributed by atoms with van der Waals surface area (Å²) in [7, 11) is 1.82. The van der Waals surface area contributed by atoms with Crippen LogP contribution < -0.4 is 14.8 Å². The van der Waals surface area contributed by atoms with E-state index < -0.39 is 0 Å². The van der Waals surface area contributed by atoms with Crippen LogP contribution in [-0.4, -0.2) is 80.3 Å². The van der Waals surface area contributed by atoms with Crippen LogP contribution in [0.3, 0.4) is 0 Å². The molecule has 0 bridgehead atoms. The zero-order chi connectivity index (χ0) is 19.4. The smallest absolute Gasteiger partial charge is 0.193 e. The minimum absolute atomic E-state index is 0.571. The van der Waals surface area contributed by atoms with Crippen LogP contribution in [0.5, 0.6) is 11.5 Å². The molecule has 0 atom stereocenters. The number of ether oxygens (including phenoxy) is 2. The van der Waals surface area contributed by atoms with E-state index in [1.54, 1.807) is 12.4 Å². The highest BCUT2D eigenvalue weighted by Gasteiger charge is 2.19. The fourth-order valence-corrected chi connectivity index (χ4v) is 3.09. The molecule has 7 heteroatoms. The molecule has 0 saturated carbocycles. The Bertz CT molecular complexity index is 703. The number of hydrogen-bond donors (Lipinski definition) is 1. The number of aromatic nitrogens is 1. The SMILES string of the molecule is CN=C(NCCOc1cccnc1)N1CCN(CCOc2ccccc2)CC1. The van der Waals surface area contributed by atoms with Crippen molar-refractivity contribution in [3.05, 3.63) is 54.9 Å². The fraction of sp³-hybridized carbons (Fsp3) is 0.429. The van der Waals surface area contributed by atoms with Gasteiger partial charge in [-0.25, -0.2) is 0 Å². The van der Waals surface area contributed by atoms with Crippen LogP contribution in [0, 0.1) is 0 Å². The first-order chi connectivity index (χ1) is 13.8. The minimum atomic E-state index is 0.571. The van der Waals surface area contributed by atoms with Crippen LogP contribution in [0.1, 0.15) is 0 Å². The summed E-state index contributed by atoms with van der Waals surface area (Å²) in [5.41, 5.74) is 0. The van der Waals surface area contributed by atoms with Gasteiger partial charge >= 0.3 is 0 Å². The Morgan fingerprint density at radius 1 is 1.00 bits per heavy atom. The van der Waals surface area contributed by atoms with Gasteiger partial charge in [0.1, 0.15) is 24.7 Å². The Labute approximate surface area is 167 Å². The Kier molecular flexibility index (Phi) is 7.93. The first kappa shape index (κ1) is 19.9. The number of benzene rings is 1. The highest BCUT2D eigenvalue weighted by atomic mass is 16.5. The third kappa shape index (κ3) is 6.42. The van der Waals surface area contributed by atoms with E-state index in [9.17, 15) is 0 Å². The van der Waals surface area contributed by atoms with E-state index in [2.05, 4.69) is 25.1 Å². The molecule has 1 aliphatic heterocycles. The molecule has 0 unspecified atom stereocenters. The van der Waals surface area contributed by atoms with Crippen LogP contribution in [0.4, 0.5) is 0 Å². The predicted octanol–water partition coefficient (Wildman–Crippen LogP) is 1.73. The molecule has 2 heterocycles. The van der Waals surface area contributed by atoms with Crippen LogP contribution in [0.15, 0.2) is 59.9 Å². The number of aliphatic imine (C=N–C) groups is 1. The molecule has 28 heavy (non-hydrogen) atoms. The molecule has 1 fully saturated rings. The molecule has 150 valence electrons. The molecule has 1 aromatic carbocycles. The number of hydrogen-bond acceptors (Lipinski definition) is 5. The van der Waals surface area contributed by atoms with E-state index in [-0.39, 0.29) is 0 Å². The quantitative estimate of drug-likeness (QED) is 0.426. The van der Waals surface area contributed by atoms with Crippen molar-refractivity contribution < 1.29 is 9.47 Å². The lowest BCUT2D eigenvalue weighted by molar-refractivity contribution is 0.152. The van der Waals surface area contributed by atoms with E-state index in [1.807, 2.05) is 49.5 Å². The van der Waals surface area contributed by atoms with E-state index in [0.29, 0.717) is 19.8 Å². The zero-order valence-corrected chi connectivity index (χ0v) is 16.5. The van der Waals surface area contributed by atoms with Crippen LogP contribution in [0.2, 0.25) is 0 Å². The number of nitrogens with zero attached hydrogens (tertiary/aromatic N) is 4. The summed E-state index contributed by atoms with van der Waals surface area (Å²) in [6.07, 6.45) is 3.45. The zero-order valence-electron chi connectivity index (χ0n) is 16.5.